The molecule has 15 heteroatoms. The number of nitrogens with one attached hydrogen (secondary N) is 5. The molecule has 0 saturated carbocycles. The van der Waals surface area contributed by atoms with E-state index in [9.17, 15) is 39.0 Å². The van der Waals surface area contributed by atoms with E-state index < -0.39 is 72.3 Å². The monoisotopic (exact) mass is 739 g/mol. The fourth-order valence-electron chi connectivity index (χ4n) is 5.55. The van der Waals surface area contributed by atoms with Gasteiger partial charge in [-0.1, -0.05) is 70.2 Å². The predicted molar refractivity (Wildman–Crippen MR) is 200 cm³/mol. The Labute approximate surface area is 311 Å². The lowest BCUT2D eigenvalue weighted by molar-refractivity contribution is -0.142. The Morgan fingerprint density at radius 2 is 1.17 bits per heavy atom. The molecule has 2 aromatic carbocycles. The Hall–Kier alpha value is -5.02. The van der Waals surface area contributed by atoms with Crippen molar-refractivity contribution in [1.29, 1.82) is 0 Å². The summed E-state index contributed by atoms with van der Waals surface area (Å²) in [5.41, 5.74) is 13.1. The molecule has 0 aliphatic carbocycles. The van der Waals surface area contributed by atoms with Gasteiger partial charge in [0.2, 0.25) is 29.5 Å². The highest BCUT2D eigenvalue weighted by Gasteiger charge is 2.32. The molecule has 15 nitrogen and oxygen atoms in total. The smallest absolute Gasteiger partial charge is 0.326 e. The molecule has 11 N–H and O–H groups in total. The van der Waals surface area contributed by atoms with Gasteiger partial charge in [0.25, 0.3) is 0 Å². The zero-order chi connectivity index (χ0) is 39.5. The summed E-state index contributed by atoms with van der Waals surface area (Å²) in [6.07, 6.45) is 1.94. The second kappa shape index (κ2) is 22.8. The summed E-state index contributed by atoms with van der Waals surface area (Å²) in [6, 6.07) is 9.83. The van der Waals surface area contributed by atoms with Crippen molar-refractivity contribution in [2.45, 2.75) is 103 Å². The molecule has 0 bridgehead atoms. The highest BCUT2D eigenvalue weighted by atomic mass is 16.4. The Balaban J connectivity index is 2.21. The molecule has 0 saturated heterocycles. The molecule has 0 spiro atoms. The van der Waals surface area contributed by atoms with E-state index in [0.717, 1.165) is 5.56 Å². The van der Waals surface area contributed by atoms with Gasteiger partial charge in [0.05, 0.1) is 12.6 Å². The van der Waals surface area contributed by atoms with Crippen LogP contribution in [0.2, 0.25) is 0 Å². The lowest BCUT2D eigenvalue weighted by Gasteiger charge is -2.27. The molecular weight excluding hydrogens is 682 g/mol. The SMILES string of the molecule is CC(C)C[C@H](NC(=O)[C@H](CC(C)C)NC(=O)[C@@H](N)Cc1ccccc1)C(=O)N[C@@H](Cc1ccc(O)cc1)C(=O)NCC(=O)N[C@@H](CCCCN)C(=O)O. The molecule has 0 fully saturated rings. The van der Waals surface area contributed by atoms with Crippen molar-refractivity contribution in [3.8, 4) is 5.75 Å². The van der Waals surface area contributed by atoms with Gasteiger partial charge in [-0.2, -0.15) is 0 Å². The van der Waals surface area contributed by atoms with E-state index >= 15 is 0 Å². The van der Waals surface area contributed by atoms with E-state index in [0.29, 0.717) is 24.9 Å². The maximum absolute atomic E-state index is 13.8. The third kappa shape index (κ3) is 16.9. The van der Waals surface area contributed by atoms with Crippen molar-refractivity contribution in [3.05, 3.63) is 65.7 Å². The van der Waals surface area contributed by atoms with Crippen LogP contribution in [0.1, 0.15) is 70.9 Å². The highest BCUT2D eigenvalue weighted by molar-refractivity contribution is 5.95. The molecular formula is C38H57N7O8. The first kappa shape index (κ1) is 44.1. The van der Waals surface area contributed by atoms with Crippen LogP contribution < -0.4 is 38.1 Å². The van der Waals surface area contributed by atoms with Crippen molar-refractivity contribution < 1.29 is 39.0 Å². The standard InChI is InChI=1S/C38H57N7O8/c1-23(2)18-30(43-34(48)28(40)20-25-10-6-5-7-11-25)36(50)44-31(19-24(3)4)37(51)45-32(21-26-13-15-27(46)16-14-26)35(49)41-22-33(47)42-29(38(52)53)12-8-9-17-39/h5-7,10-11,13-16,23-24,28-32,46H,8-9,12,17-22,39-40H2,1-4H3,(H,41,49)(H,42,47)(H,43,48)(H,44,50)(H,45,51)(H,52,53)/t28-,29-,30-,31-,32-/m0/s1. The van der Waals surface area contributed by atoms with Crippen LogP contribution in [-0.2, 0) is 41.6 Å². The zero-order valence-electron chi connectivity index (χ0n) is 31.1. The number of phenols is 1. The van der Waals surface area contributed by atoms with Crippen LogP contribution in [0.4, 0.5) is 0 Å². The number of rotatable bonds is 23. The Morgan fingerprint density at radius 3 is 1.70 bits per heavy atom. The first-order valence-corrected chi connectivity index (χ1v) is 18.1. The summed E-state index contributed by atoms with van der Waals surface area (Å²) >= 11 is 0. The summed E-state index contributed by atoms with van der Waals surface area (Å²) in [5.74, 6) is -4.53. The summed E-state index contributed by atoms with van der Waals surface area (Å²) in [7, 11) is 0. The molecule has 53 heavy (non-hydrogen) atoms. The van der Waals surface area contributed by atoms with Crippen LogP contribution in [0.3, 0.4) is 0 Å². The van der Waals surface area contributed by atoms with Crippen LogP contribution in [0, 0.1) is 11.8 Å². The number of carbonyl (C=O) groups excluding carboxylic acids is 5. The molecule has 0 unspecified atom stereocenters. The molecule has 292 valence electrons. The molecule has 0 aromatic heterocycles. The fourth-order valence-corrected chi connectivity index (χ4v) is 5.55. The number of amides is 5. The normalized spacial score (nSPS) is 14.0. The van der Waals surface area contributed by atoms with Gasteiger partial charge in [-0.05, 0) is 80.2 Å². The number of aliphatic carboxylic acids is 1. The molecule has 2 rings (SSSR count). The van der Waals surface area contributed by atoms with Crippen LogP contribution >= 0.6 is 0 Å². The first-order chi connectivity index (χ1) is 25.1. The second-order valence-corrected chi connectivity index (χ2v) is 14.1. The average molecular weight is 740 g/mol. The molecule has 0 aliphatic heterocycles. The Bertz CT molecular complexity index is 1490. The van der Waals surface area contributed by atoms with Crippen LogP contribution in [-0.4, -0.2) is 89.0 Å². The lowest BCUT2D eigenvalue weighted by atomic mass is 9.98. The lowest BCUT2D eigenvalue weighted by Crippen LogP contribution is -2.59. The maximum atomic E-state index is 13.8. The number of phenolic OH excluding ortho intramolecular Hbond substituents is 1. The first-order valence-electron chi connectivity index (χ1n) is 18.1. The number of hydrogen-bond acceptors (Lipinski definition) is 9. The average Bonchev–Trinajstić information content (AvgIpc) is 3.10. The molecule has 2 aromatic rings. The van der Waals surface area contributed by atoms with Crippen molar-refractivity contribution in [3.63, 3.8) is 0 Å². The van der Waals surface area contributed by atoms with E-state index in [1.807, 2.05) is 58.0 Å². The largest absolute Gasteiger partial charge is 0.508 e. The van der Waals surface area contributed by atoms with Gasteiger partial charge in [0.15, 0.2) is 0 Å². The predicted octanol–water partition coefficient (Wildman–Crippen LogP) is 0.866. The number of unbranched alkanes of at least 4 members (excludes halogenated alkanes) is 1. The number of carboxylic acid groups (broad SMARTS) is 1. The van der Waals surface area contributed by atoms with E-state index in [4.69, 9.17) is 11.5 Å². The van der Waals surface area contributed by atoms with Gasteiger partial charge in [-0.15, -0.1) is 0 Å². The Morgan fingerprint density at radius 1 is 0.642 bits per heavy atom. The van der Waals surface area contributed by atoms with E-state index in [-0.39, 0.29) is 49.7 Å². The van der Waals surface area contributed by atoms with Gasteiger partial charge < -0.3 is 48.3 Å². The quantitative estimate of drug-likeness (QED) is 0.0727. The zero-order valence-corrected chi connectivity index (χ0v) is 31.1. The van der Waals surface area contributed by atoms with Gasteiger partial charge in [0, 0.05) is 6.42 Å². The minimum absolute atomic E-state index is 0.000997. The molecule has 0 heterocycles. The van der Waals surface area contributed by atoms with Crippen LogP contribution in [0.5, 0.6) is 5.75 Å². The van der Waals surface area contributed by atoms with Crippen molar-refractivity contribution in [2.24, 2.45) is 23.3 Å². The van der Waals surface area contributed by atoms with Crippen molar-refractivity contribution in [2.75, 3.05) is 13.1 Å². The third-order valence-corrected chi connectivity index (χ3v) is 8.33. The van der Waals surface area contributed by atoms with E-state index in [2.05, 4.69) is 26.6 Å². The molecule has 0 aliphatic rings. The maximum Gasteiger partial charge on any atom is 0.326 e. The summed E-state index contributed by atoms with van der Waals surface area (Å²) in [4.78, 5) is 78.3. The van der Waals surface area contributed by atoms with Gasteiger partial charge in [0.1, 0.15) is 29.9 Å². The van der Waals surface area contributed by atoms with Crippen LogP contribution in [0.15, 0.2) is 54.6 Å². The Kier molecular flexibility index (Phi) is 19.0. The topological polar surface area (TPSA) is 255 Å². The van der Waals surface area contributed by atoms with Gasteiger partial charge >= 0.3 is 5.97 Å². The number of carbonyl (C=O) groups is 6. The summed E-state index contributed by atoms with van der Waals surface area (Å²) in [6.45, 7) is 7.34. The van der Waals surface area contributed by atoms with Gasteiger partial charge in [-0.25, -0.2) is 4.79 Å². The highest BCUT2D eigenvalue weighted by Crippen LogP contribution is 2.14. The minimum atomic E-state index is -1.23. The number of benzene rings is 2. The third-order valence-electron chi connectivity index (χ3n) is 8.33. The second-order valence-electron chi connectivity index (χ2n) is 14.1. The molecule has 0 radical (unpaired) electrons. The number of aromatic hydroxyl groups is 1. The number of nitrogens with two attached hydrogens (primary N) is 2. The fraction of sp³-hybridized carbons (Fsp3) is 0.526. The van der Waals surface area contributed by atoms with Crippen molar-refractivity contribution >= 4 is 35.5 Å². The number of hydrogen-bond donors (Lipinski definition) is 9. The summed E-state index contributed by atoms with van der Waals surface area (Å²) < 4.78 is 0. The molecule has 5 amide bonds. The van der Waals surface area contributed by atoms with E-state index in [1.54, 1.807) is 12.1 Å². The van der Waals surface area contributed by atoms with Crippen LogP contribution in [0.25, 0.3) is 0 Å². The summed E-state index contributed by atoms with van der Waals surface area (Å²) in [5, 5.41) is 32.3. The molecule has 5 atom stereocenters. The minimum Gasteiger partial charge on any atom is -0.508 e. The number of carboxylic acids is 1. The van der Waals surface area contributed by atoms with Crippen molar-refractivity contribution in [1.82, 2.24) is 26.6 Å². The van der Waals surface area contributed by atoms with Gasteiger partial charge in [-0.3, -0.25) is 24.0 Å². The van der Waals surface area contributed by atoms with E-state index in [1.165, 1.54) is 12.1 Å².